The number of aldehydes is 1. The molecule has 0 spiro atoms. The van der Waals surface area contributed by atoms with Crippen LogP contribution in [-0.4, -0.2) is 70.8 Å². The predicted octanol–water partition coefficient (Wildman–Crippen LogP) is 1.59. The van der Waals surface area contributed by atoms with E-state index in [1.54, 1.807) is 0 Å². The van der Waals surface area contributed by atoms with Gasteiger partial charge in [-0.1, -0.05) is 6.42 Å². The first-order chi connectivity index (χ1) is 11.1. The zero-order valence-electron chi connectivity index (χ0n) is 14.6. The first kappa shape index (κ1) is 22.0. The van der Waals surface area contributed by atoms with E-state index in [1.165, 1.54) is 7.11 Å². The van der Waals surface area contributed by atoms with E-state index < -0.39 is 0 Å². The van der Waals surface area contributed by atoms with Crippen LogP contribution in [0.4, 0.5) is 0 Å². The van der Waals surface area contributed by atoms with Gasteiger partial charge in [0, 0.05) is 20.0 Å². The highest BCUT2D eigenvalue weighted by atomic mass is 17.2. The van der Waals surface area contributed by atoms with Crippen LogP contribution in [0.5, 0.6) is 0 Å². The monoisotopic (exact) mass is 333 g/mol. The van der Waals surface area contributed by atoms with E-state index >= 15 is 0 Å². The summed E-state index contributed by atoms with van der Waals surface area (Å²) < 4.78 is 10.3. The molecule has 0 aromatic rings. The van der Waals surface area contributed by atoms with Gasteiger partial charge in [-0.25, -0.2) is 9.78 Å². The van der Waals surface area contributed by atoms with Crippen molar-refractivity contribution in [2.45, 2.75) is 44.6 Å². The molecule has 0 heterocycles. The largest absolute Gasteiger partial charge is 0.463 e. The number of methoxy groups -OCH3 is 1. The van der Waals surface area contributed by atoms with Crippen molar-refractivity contribution >= 4 is 12.3 Å². The number of hydrogen-bond acceptors (Lipinski definition) is 7. The van der Waals surface area contributed by atoms with Crippen LogP contribution in [0.15, 0.2) is 0 Å². The molecule has 0 saturated carbocycles. The first-order valence-corrected chi connectivity index (χ1v) is 8.11. The van der Waals surface area contributed by atoms with Gasteiger partial charge in [0.05, 0.1) is 6.61 Å². The standard InChI is InChI=1S/C16H31NO6/c1-17(2)10-8-9-16(19)21-13-15(20-3)14-23-22-12-7-5-4-6-11-18/h11,15H,4-10,12-14H2,1-3H3. The molecule has 0 fully saturated rings. The van der Waals surface area contributed by atoms with Gasteiger partial charge in [0.1, 0.15) is 25.6 Å². The molecule has 0 amide bonds. The molecule has 0 bridgehead atoms. The van der Waals surface area contributed by atoms with Gasteiger partial charge in [0.25, 0.3) is 0 Å². The normalized spacial score (nSPS) is 12.3. The number of esters is 1. The van der Waals surface area contributed by atoms with Gasteiger partial charge in [-0.3, -0.25) is 4.79 Å². The van der Waals surface area contributed by atoms with Crippen LogP contribution < -0.4 is 0 Å². The van der Waals surface area contributed by atoms with Crippen molar-refractivity contribution in [1.82, 2.24) is 4.90 Å². The minimum Gasteiger partial charge on any atom is -0.463 e. The Morgan fingerprint density at radius 3 is 2.52 bits per heavy atom. The Morgan fingerprint density at radius 2 is 1.87 bits per heavy atom. The van der Waals surface area contributed by atoms with Gasteiger partial charge in [-0.15, -0.1) is 0 Å². The second-order valence-electron chi connectivity index (χ2n) is 5.57. The van der Waals surface area contributed by atoms with Gasteiger partial charge in [-0.2, -0.15) is 0 Å². The number of nitrogens with zero attached hydrogens (tertiary/aromatic N) is 1. The van der Waals surface area contributed by atoms with Crippen LogP contribution in [0.1, 0.15) is 38.5 Å². The lowest BCUT2D eigenvalue weighted by Gasteiger charge is -2.15. The van der Waals surface area contributed by atoms with Crippen LogP contribution in [0.3, 0.4) is 0 Å². The summed E-state index contributed by atoms with van der Waals surface area (Å²) in [5.41, 5.74) is 0. The zero-order chi connectivity index (χ0) is 17.3. The number of rotatable bonds is 16. The van der Waals surface area contributed by atoms with E-state index in [2.05, 4.69) is 0 Å². The highest BCUT2D eigenvalue weighted by Gasteiger charge is 2.12. The second kappa shape index (κ2) is 15.9. The van der Waals surface area contributed by atoms with Crippen molar-refractivity contribution in [1.29, 1.82) is 0 Å². The van der Waals surface area contributed by atoms with Crippen molar-refractivity contribution in [3.8, 4) is 0 Å². The third-order valence-corrected chi connectivity index (χ3v) is 3.14. The fourth-order valence-electron chi connectivity index (χ4n) is 1.73. The fourth-order valence-corrected chi connectivity index (χ4v) is 1.73. The third-order valence-electron chi connectivity index (χ3n) is 3.14. The molecule has 7 heteroatoms. The fraction of sp³-hybridized carbons (Fsp3) is 0.875. The molecule has 0 aliphatic carbocycles. The third kappa shape index (κ3) is 15.6. The second-order valence-corrected chi connectivity index (χ2v) is 5.57. The highest BCUT2D eigenvalue weighted by molar-refractivity contribution is 5.69. The topological polar surface area (TPSA) is 74.3 Å². The van der Waals surface area contributed by atoms with E-state index in [0.717, 1.165) is 38.5 Å². The lowest BCUT2D eigenvalue weighted by Crippen LogP contribution is -2.26. The quantitative estimate of drug-likeness (QED) is 0.140. The molecule has 0 saturated heterocycles. The van der Waals surface area contributed by atoms with E-state index in [-0.39, 0.29) is 25.3 Å². The Hall–Kier alpha value is -1.02. The number of unbranched alkanes of at least 4 members (excludes halogenated alkanes) is 3. The molecular weight excluding hydrogens is 302 g/mol. The van der Waals surface area contributed by atoms with Gasteiger partial charge in [0.15, 0.2) is 0 Å². The molecule has 0 aliphatic heterocycles. The van der Waals surface area contributed by atoms with Crippen LogP contribution in [0.2, 0.25) is 0 Å². The number of carbonyl (C=O) groups is 2. The number of hydrogen-bond donors (Lipinski definition) is 0. The van der Waals surface area contributed by atoms with Crippen LogP contribution >= 0.6 is 0 Å². The first-order valence-electron chi connectivity index (χ1n) is 8.11. The van der Waals surface area contributed by atoms with Gasteiger partial charge < -0.3 is 19.2 Å². The zero-order valence-corrected chi connectivity index (χ0v) is 14.6. The van der Waals surface area contributed by atoms with Crippen LogP contribution in [0.25, 0.3) is 0 Å². The van der Waals surface area contributed by atoms with E-state index in [9.17, 15) is 9.59 Å². The Labute approximate surface area is 139 Å². The summed E-state index contributed by atoms with van der Waals surface area (Å²) in [6.07, 6.45) is 4.97. The summed E-state index contributed by atoms with van der Waals surface area (Å²) >= 11 is 0. The minimum atomic E-state index is -0.345. The van der Waals surface area contributed by atoms with E-state index in [4.69, 9.17) is 19.2 Å². The lowest BCUT2D eigenvalue weighted by molar-refractivity contribution is -0.308. The van der Waals surface area contributed by atoms with Crippen molar-refractivity contribution < 1.29 is 28.8 Å². The van der Waals surface area contributed by atoms with Crippen molar-refractivity contribution in [2.24, 2.45) is 0 Å². The lowest BCUT2D eigenvalue weighted by atomic mass is 10.2. The maximum absolute atomic E-state index is 11.6. The number of carbonyl (C=O) groups excluding carboxylic acids is 2. The smallest absolute Gasteiger partial charge is 0.305 e. The Kier molecular flexibility index (Phi) is 15.2. The maximum atomic E-state index is 11.6. The summed E-state index contributed by atoms with van der Waals surface area (Å²) in [6, 6.07) is 0. The number of ether oxygens (including phenoxy) is 2. The Bertz CT molecular complexity index is 298. The molecule has 0 N–H and O–H groups in total. The summed E-state index contributed by atoms with van der Waals surface area (Å²) in [4.78, 5) is 33.8. The molecule has 1 atom stereocenters. The average Bonchev–Trinajstić information content (AvgIpc) is 2.52. The molecular formula is C16H31NO6. The van der Waals surface area contributed by atoms with E-state index in [0.29, 0.717) is 19.4 Å². The molecule has 23 heavy (non-hydrogen) atoms. The summed E-state index contributed by atoms with van der Waals surface area (Å²) in [5, 5.41) is 0. The summed E-state index contributed by atoms with van der Waals surface area (Å²) in [6.45, 7) is 1.68. The van der Waals surface area contributed by atoms with Crippen LogP contribution in [-0.2, 0) is 28.8 Å². The van der Waals surface area contributed by atoms with Gasteiger partial charge >= 0.3 is 5.97 Å². The molecule has 7 nitrogen and oxygen atoms in total. The molecule has 0 aromatic heterocycles. The SMILES string of the molecule is COC(COOCCCCCC=O)COC(=O)CCCN(C)C. The minimum absolute atomic E-state index is 0.153. The summed E-state index contributed by atoms with van der Waals surface area (Å²) in [5.74, 6) is -0.231. The van der Waals surface area contributed by atoms with Crippen molar-refractivity contribution in [3.63, 3.8) is 0 Å². The maximum Gasteiger partial charge on any atom is 0.305 e. The molecule has 0 aliphatic rings. The molecule has 136 valence electrons. The molecule has 0 radical (unpaired) electrons. The molecule has 0 aromatic carbocycles. The Morgan fingerprint density at radius 1 is 1.09 bits per heavy atom. The molecule has 0 rings (SSSR count). The highest BCUT2D eigenvalue weighted by Crippen LogP contribution is 2.01. The predicted molar refractivity (Wildman–Crippen MR) is 86.0 cm³/mol. The van der Waals surface area contributed by atoms with Crippen molar-refractivity contribution in [2.75, 3.05) is 47.6 Å². The summed E-state index contributed by atoms with van der Waals surface area (Å²) in [7, 11) is 5.46. The van der Waals surface area contributed by atoms with Gasteiger partial charge in [0.2, 0.25) is 0 Å². The Balaban J connectivity index is 3.54. The van der Waals surface area contributed by atoms with Crippen LogP contribution in [0, 0.1) is 0 Å². The van der Waals surface area contributed by atoms with Gasteiger partial charge in [-0.05, 0) is 39.9 Å². The van der Waals surface area contributed by atoms with E-state index in [1.807, 2.05) is 19.0 Å². The average molecular weight is 333 g/mol. The van der Waals surface area contributed by atoms with Crippen molar-refractivity contribution in [3.05, 3.63) is 0 Å². The molecule has 1 unspecified atom stereocenters.